The van der Waals surface area contributed by atoms with E-state index < -0.39 is 6.79 Å². The summed E-state index contributed by atoms with van der Waals surface area (Å²) in [5.74, 6) is 0. The first kappa shape index (κ1) is 15.0. The van der Waals surface area contributed by atoms with E-state index in [-0.39, 0.29) is 33.1 Å². The third-order valence-electron chi connectivity index (χ3n) is 1.77. The molecule has 2 unspecified atom stereocenters. The van der Waals surface area contributed by atoms with Crippen molar-refractivity contribution >= 4 is 0 Å². The van der Waals surface area contributed by atoms with Crippen LogP contribution in [-0.2, 0) is 21.1 Å². The van der Waals surface area contributed by atoms with Crippen LogP contribution in [0.5, 0.6) is 0 Å². The van der Waals surface area contributed by atoms with Gasteiger partial charge in [-0.1, -0.05) is 25.7 Å². The van der Waals surface area contributed by atoms with Gasteiger partial charge in [-0.15, -0.1) is 0 Å². The summed E-state index contributed by atoms with van der Waals surface area (Å²) in [7, 11) is 0. The first-order valence-corrected chi connectivity index (χ1v) is 3.86. The summed E-state index contributed by atoms with van der Waals surface area (Å²) >= 11 is 0. The molecule has 0 radical (unpaired) electrons. The molecule has 76 valence electrons. The summed E-state index contributed by atoms with van der Waals surface area (Å²) in [5, 5.41) is 14.2. The number of aliphatic hydroxyl groups excluding tert-OH is 1. The largest absolute Gasteiger partial charge is 2.00 e. The molecule has 1 aliphatic carbocycles. The van der Waals surface area contributed by atoms with Crippen molar-refractivity contribution in [2.24, 2.45) is 0 Å². The molecule has 0 bridgehead atoms. The molecule has 2 atom stereocenters. The minimum Gasteiger partial charge on any atom is -0.676 e. The SMILES string of the molecule is OCO.[NH-]C1CCCCC1[NH-].[Pt+2]. The molecule has 0 amide bonds. The van der Waals surface area contributed by atoms with Crippen molar-refractivity contribution in [2.45, 2.75) is 37.8 Å². The molecule has 0 saturated heterocycles. The zero-order chi connectivity index (χ0) is 8.69. The average molecular weight is 355 g/mol. The number of nitrogens with one attached hydrogen (secondary N) is 2. The van der Waals surface area contributed by atoms with Crippen molar-refractivity contribution in [2.75, 3.05) is 6.79 Å². The van der Waals surface area contributed by atoms with E-state index >= 15 is 0 Å². The van der Waals surface area contributed by atoms with E-state index in [0.717, 1.165) is 12.8 Å². The van der Waals surface area contributed by atoms with Gasteiger partial charge in [0.1, 0.15) is 6.79 Å². The Balaban J connectivity index is 0. The first-order chi connectivity index (χ1) is 5.22. The molecule has 0 aromatic heterocycles. The fourth-order valence-electron chi connectivity index (χ4n) is 1.13. The molecule has 0 aliphatic heterocycles. The molecule has 1 fully saturated rings. The Morgan fingerprint density at radius 1 is 1.00 bits per heavy atom. The predicted molar refractivity (Wildman–Crippen MR) is 44.0 cm³/mol. The summed E-state index contributed by atoms with van der Waals surface area (Å²) in [6.45, 7) is -0.750. The van der Waals surface area contributed by atoms with E-state index in [1.54, 1.807) is 0 Å². The fourth-order valence-corrected chi connectivity index (χ4v) is 1.13. The minimum absolute atomic E-state index is 0. The number of hydrogen-bond donors (Lipinski definition) is 2. The van der Waals surface area contributed by atoms with Crippen LogP contribution in [0.25, 0.3) is 11.5 Å². The van der Waals surface area contributed by atoms with Crippen LogP contribution >= 0.6 is 0 Å². The van der Waals surface area contributed by atoms with Crippen LogP contribution in [0.2, 0.25) is 0 Å². The molecule has 12 heavy (non-hydrogen) atoms. The molecule has 4 N–H and O–H groups in total. The van der Waals surface area contributed by atoms with Crippen LogP contribution in [0.1, 0.15) is 25.7 Å². The summed E-state index contributed by atoms with van der Waals surface area (Å²) in [4.78, 5) is 0. The number of aliphatic hydroxyl groups is 2. The topological polar surface area (TPSA) is 88.1 Å². The van der Waals surface area contributed by atoms with Crippen LogP contribution in [0, 0.1) is 0 Å². The second kappa shape index (κ2) is 9.62. The molecule has 5 heteroatoms. The maximum Gasteiger partial charge on any atom is 2.00 e. The van der Waals surface area contributed by atoms with E-state index in [4.69, 9.17) is 21.7 Å². The fraction of sp³-hybridized carbons (Fsp3) is 1.00. The molecule has 0 heterocycles. The minimum atomic E-state index is -0.750. The molecule has 1 rings (SSSR count). The molecular formula is C7H16N2O2Pt. The van der Waals surface area contributed by atoms with Crippen molar-refractivity contribution < 1.29 is 31.3 Å². The molecule has 0 aromatic rings. The van der Waals surface area contributed by atoms with Crippen LogP contribution in [0.15, 0.2) is 0 Å². The van der Waals surface area contributed by atoms with Gasteiger partial charge >= 0.3 is 21.1 Å². The maximum atomic E-state index is 7.29. The van der Waals surface area contributed by atoms with Crippen molar-refractivity contribution in [3.63, 3.8) is 0 Å². The van der Waals surface area contributed by atoms with E-state index in [9.17, 15) is 0 Å². The quantitative estimate of drug-likeness (QED) is 0.642. The Labute approximate surface area is 87.6 Å². The van der Waals surface area contributed by atoms with Gasteiger partial charge in [-0.25, -0.2) is 0 Å². The smallest absolute Gasteiger partial charge is 0.676 e. The molecule has 1 aliphatic rings. The second-order valence-corrected chi connectivity index (χ2v) is 2.64. The molecule has 1 saturated carbocycles. The summed E-state index contributed by atoms with van der Waals surface area (Å²) in [6.07, 6.45) is 4.25. The van der Waals surface area contributed by atoms with E-state index in [2.05, 4.69) is 0 Å². The van der Waals surface area contributed by atoms with Crippen molar-refractivity contribution in [3.05, 3.63) is 11.5 Å². The summed E-state index contributed by atoms with van der Waals surface area (Å²) in [5.41, 5.74) is 14.6. The monoisotopic (exact) mass is 355 g/mol. The Kier molecular flexibility index (Phi) is 12.0. The van der Waals surface area contributed by atoms with Gasteiger partial charge in [0.2, 0.25) is 0 Å². The van der Waals surface area contributed by atoms with Gasteiger partial charge in [-0.05, 0) is 0 Å². The zero-order valence-electron chi connectivity index (χ0n) is 6.90. The third-order valence-corrected chi connectivity index (χ3v) is 1.77. The van der Waals surface area contributed by atoms with Gasteiger partial charge in [0, 0.05) is 0 Å². The van der Waals surface area contributed by atoms with Crippen LogP contribution < -0.4 is 0 Å². The van der Waals surface area contributed by atoms with Crippen molar-refractivity contribution in [1.82, 2.24) is 0 Å². The molecule has 0 aromatic carbocycles. The van der Waals surface area contributed by atoms with Gasteiger partial charge in [0.25, 0.3) is 0 Å². The number of rotatable bonds is 0. The van der Waals surface area contributed by atoms with Gasteiger partial charge in [0.05, 0.1) is 0 Å². The van der Waals surface area contributed by atoms with Crippen molar-refractivity contribution in [3.8, 4) is 0 Å². The Hall–Kier alpha value is 0.528. The summed E-state index contributed by atoms with van der Waals surface area (Å²) in [6, 6.07) is -0.160. The first-order valence-electron chi connectivity index (χ1n) is 3.86. The van der Waals surface area contributed by atoms with E-state index in [0.29, 0.717) is 0 Å². The second-order valence-electron chi connectivity index (χ2n) is 2.64. The standard InChI is InChI=1S/C6H12N2.CH4O2.Pt/c7-5-3-1-2-4-6(5)8;2-1-3;/h5-8H,1-4H2;2-3H,1H2;/q-2;;+2. The van der Waals surface area contributed by atoms with Crippen LogP contribution in [0.4, 0.5) is 0 Å². The van der Waals surface area contributed by atoms with Crippen molar-refractivity contribution in [1.29, 1.82) is 0 Å². The molecule has 4 nitrogen and oxygen atoms in total. The van der Waals surface area contributed by atoms with Gasteiger partial charge in [0.15, 0.2) is 0 Å². The Bertz CT molecular complexity index is 85.5. The summed E-state index contributed by atoms with van der Waals surface area (Å²) < 4.78 is 0. The predicted octanol–water partition coefficient (Wildman–Crippen LogP) is 1.33. The maximum absolute atomic E-state index is 7.29. The van der Waals surface area contributed by atoms with E-state index in [1.807, 2.05) is 0 Å². The normalized spacial score (nSPS) is 28.0. The van der Waals surface area contributed by atoms with Gasteiger partial charge < -0.3 is 21.7 Å². The molecular weight excluding hydrogens is 339 g/mol. The van der Waals surface area contributed by atoms with Crippen LogP contribution in [-0.4, -0.2) is 29.1 Å². The zero-order valence-corrected chi connectivity index (χ0v) is 9.17. The van der Waals surface area contributed by atoms with Gasteiger partial charge in [-0.2, -0.15) is 12.1 Å². The average Bonchev–Trinajstić information content (AvgIpc) is 1.97. The van der Waals surface area contributed by atoms with E-state index in [1.165, 1.54) is 12.8 Å². The van der Waals surface area contributed by atoms with Crippen LogP contribution in [0.3, 0.4) is 0 Å². The Morgan fingerprint density at radius 3 is 1.42 bits per heavy atom. The molecule has 0 spiro atoms. The Morgan fingerprint density at radius 2 is 1.25 bits per heavy atom. The third kappa shape index (κ3) is 7.19. The number of hydrogen-bond acceptors (Lipinski definition) is 2. The van der Waals surface area contributed by atoms with Gasteiger partial charge in [-0.3, -0.25) is 0 Å².